The largest absolute Gasteiger partial charge is 0.573 e. The van der Waals surface area contributed by atoms with Gasteiger partial charge >= 0.3 is 18.3 Å². The Balaban J connectivity index is 1.51. The number of carboxylic acid groups (broad SMARTS) is 2. The Morgan fingerprint density at radius 3 is 2.05 bits per heavy atom. The van der Waals surface area contributed by atoms with Crippen molar-refractivity contribution in [2.45, 2.75) is 44.6 Å². The molecule has 1 fully saturated rings. The first kappa shape index (κ1) is 26.9. The van der Waals surface area contributed by atoms with Gasteiger partial charge in [0.2, 0.25) is 0 Å². The lowest BCUT2D eigenvalue weighted by Crippen LogP contribution is -2.16. The van der Waals surface area contributed by atoms with Crippen molar-refractivity contribution in [3.63, 3.8) is 0 Å². The Kier molecular flexibility index (Phi) is 7.29. The molecule has 0 unspecified atom stereocenters. The van der Waals surface area contributed by atoms with E-state index < -0.39 is 30.5 Å². The zero-order valence-corrected chi connectivity index (χ0v) is 21.0. The third kappa shape index (κ3) is 5.98. The number of ether oxygens (including phenoxy) is 3. The summed E-state index contributed by atoms with van der Waals surface area (Å²) in [7, 11) is 0. The van der Waals surface area contributed by atoms with Crippen LogP contribution in [0.5, 0.6) is 23.0 Å². The highest BCUT2D eigenvalue weighted by Gasteiger charge is 2.31. The number of benzene rings is 3. The van der Waals surface area contributed by atoms with Gasteiger partial charge in [0.1, 0.15) is 23.0 Å². The molecular formula is C29H24F3NO7. The second-order valence-corrected chi connectivity index (χ2v) is 9.35. The fourth-order valence-corrected chi connectivity index (χ4v) is 4.95. The van der Waals surface area contributed by atoms with Gasteiger partial charge in [0.15, 0.2) is 0 Å². The lowest BCUT2D eigenvalue weighted by molar-refractivity contribution is -0.274. The van der Waals surface area contributed by atoms with Crippen molar-refractivity contribution in [3.05, 3.63) is 78.0 Å². The lowest BCUT2D eigenvalue weighted by Gasteiger charge is -2.15. The third-order valence-electron chi connectivity index (χ3n) is 6.56. The molecule has 0 atom stereocenters. The molecule has 1 aliphatic carbocycles. The standard InChI is InChI=1S/C29H24F3NO7/c30-29(31,32)40-21-11-9-20(10-12-21)39-22-13-14-24-23(15-22)27(28(36)37)25(16-26(34)35)33(24)17-5-7-19(8-6-17)38-18-3-1-2-4-18/h5-15,18H,1-4,16H2,(H,34,35)(H,36,37). The van der Waals surface area contributed by atoms with E-state index in [4.69, 9.17) is 9.47 Å². The minimum absolute atomic E-state index is 0.0743. The lowest BCUT2D eigenvalue weighted by atomic mass is 10.1. The van der Waals surface area contributed by atoms with Gasteiger partial charge in [0.05, 0.1) is 23.6 Å². The quantitative estimate of drug-likeness (QED) is 0.230. The van der Waals surface area contributed by atoms with Crippen LogP contribution in [0, 0.1) is 0 Å². The molecule has 1 aliphatic rings. The van der Waals surface area contributed by atoms with Crippen molar-refractivity contribution in [1.82, 2.24) is 4.57 Å². The van der Waals surface area contributed by atoms with Crippen LogP contribution in [0.4, 0.5) is 13.2 Å². The maximum atomic E-state index is 12.4. The van der Waals surface area contributed by atoms with Crippen LogP contribution in [0.1, 0.15) is 41.7 Å². The molecule has 208 valence electrons. The van der Waals surface area contributed by atoms with Gasteiger partial charge in [-0.15, -0.1) is 13.2 Å². The molecule has 1 heterocycles. The average molecular weight is 556 g/mol. The van der Waals surface area contributed by atoms with E-state index in [-0.39, 0.29) is 34.2 Å². The summed E-state index contributed by atoms with van der Waals surface area (Å²) >= 11 is 0. The number of fused-ring (bicyclic) bond motifs is 1. The van der Waals surface area contributed by atoms with E-state index in [0.29, 0.717) is 17.0 Å². The van der Waals surface area contributed by atoms with E-state index in [1.54, 1.807) is 41.0 Å². The molecule has 0 spiro atoms. The SMILES string of the molecule is O=C(O)Cc1c(C(=O)O)c2cc(Oc3ccc(OC(F)(F)F)cc3)ccc2n1-c1ccc(OC2CCCC2)cc1. The average Bonchev–Trinajstić information content (AvgIpc) is 3.50. The zero-order valence-electron chi connectivity index (χ0n) is 21.0. The Labute approximate surface area is 226 Å². The molecule has 8 nitrogen and oxygen atoms in total. The third-order valence-corrected chi connectivity index (χ3v) is 6.56. The van der Waals surface area contributed by atoms with Crippen molar-refractivity contribution in [1.29, 1.82) is 0 Å². The first-order valence-corrected chi connectivity index (χ1v) is 12.5. The van der Waals surface area contributed by atoms with Crippen LogP contribution in [0.15, 0.2) is 66.7 Å². The molecule has 0 radical (unpaired) electrons. The Morgan fingerprint density at radius 1 is 0.850 bits per heavy atom. The number of halogens is 3. The molecule has 1 saturated carbocycles. The normalized spacial score (nSPS) is 13.9. The minimum atomic E-state index is -4.83. The number of rotatable bonds is 9. The van der Waals surface area contributed by atoms with Crippen LogP contribution in [0.3, 0.4) is 0 Å². The minimum Gasteiger partial charge on any atom is -0.490 e. The van der Waals surface area contributed by atoms with Gasteiger partial charge in [0.25, 0.3) is 0 Å². The van der Waals surface area contributed by atoms with E-state index in [1.807, 2.05) is 0 Å². The number of nitrogens with zero attached hydrogens (tertiary/aromatic N) is 1. The Hall–Kier alpha value is -4.67. The highest BCUT2D eigenvalue weighted by molar-refractivity contribution is 6.07. The van der Waals surface area contributed by atoms with Gasteiger partial charge in [-0.3, -0.25) is 4.79 Å². The number of aromatic carboxylic acids is 1. The van der Waals surface area contributed by atoms with Crippen LogP contribution >= 0.6 is 0 Å². The van der Waals surface area contributed by atoms with Gasteiger partial charge < -0.3 is 29.0 Å². The molecule has 40 heavy (non-hydrogen) atoms. The zero-order chi connectivity index (χ0) is 28.4. The number of carbonyl (C=O) groups is 2. The number of alkyl halides is 3. The predicted molar refractivity (Wildman–Crippen MR) is 138 cm³/mol. The van der Waals surface area contributed by atoms with E-state index in [9.17, 15) is 33.0 Å². The molecule has 0 aliphatic heterocycles. The summed E-state index contributed by atoms with van der Waals surface area (Å²) < 4.78 is 54.5. The van der Waals surface area contributed by atoms with Crippen molar-refractivity contribution >= 4 is 22.8 Å². The molecule has 2 N–H and O–H groups in total. The smallest absolute Gasteiger partial charge is 0.490 e. The van der Waals surface area contributed by atoms with Gasteiger partial charge in [-0.1, -0.05) is 0 Å². The highest BCUT2D eigenvalue weighted by Crippen LogP contribution is 2.35. The van der Waals surface area contributed by atoms with Crippen LogP contribution in [-0.4, -0.2) is 39.2 Å². The predicted octanol–water partition coefficient (Wildman–Crippen LogP) is 6.97. The second-order valence-electron chi connectivity index (χ2n) is 9.35. The van der Waals surface area contributed by atoms with E-state index in [0.717, 1.165) is 37.8 Å². The summed E-state index contributed by atoms with van der Waals surface area (Å²) in [6.45, 7) is 0. The van der Waals surface area contributed by atoms with Crippen molar-refractivity contribution in [2.24, 2.45) is 0 Å². The maximum Gasteiger partial charge on any atom is 0.573 e. The molecule has 1 aromatic heterocycles. The summed E-state index contributed by atoms with van der Waals surface area (Å²) in [4.78, 5) is 24.1. The van der Waals surface area contributed by atoms with Crippen molar-refractivity contribution in [2.75, 3.05) is 0 Å². The summed E-state index contributed by atoms with van der Waals surface area (Å²) in [6.07, 6.45) is -0.991. The van der Waals surface area contributed by atoms with Crippen LogP contribution < -0.4 is 14.2 Å². The molecule has 5 rings (SSSR count). The number of hydrogen-bond donors (Lipinski definition) is 2. The van der Waals surface area contributed by atoms with Gasteiger partial charge in [-0.05, 0) is 92.4 Å². The molecular weight excluding hydrogens is 531 g/mol. The maximum absolute atomic E-state index is 12.4. The fourth-order valence-electron chi connectivity index (χ4n) is 4.95. The van der Waals surface area contributed by atoms with E-state index in [1.165, 1.54) is 18.2 Å². The van der Waals surface area contributed by atoms with Crippen LogP contribution in [-0.2, 0) is 11.2 Å². The summed E-state index contributed by atoms with van der Waals surface area (Å²) in [5.74, 6) is -1.86. The van der Waals surface area contributed by atoms with Crippen LogP contribution in [0.2, 0.25) is 0 Å². The van der Waals surface area contributed by atoms with Gasteiger partial charge in [0, 0.05) is 16.8 Å². The monoisotopic (exact) mass is 555 g/mol. The van der Waals surface area contributed by atoms with Gasteiger partial charge in [-0.25, -0.2) is 4.79 Å². The van der Waals surface area contributed by atoms with E-state index in [2.05, 4.69) is 4.74 Å². The first-order valence-electron chi connectivity index (χ1n) is 12.5. The molecule has 11 heteroatoms. The molecule has 3 aromatic carbocycles. The number of aromatic nitrogens is 1. The highest BCUT2D eigenvalue weighted by atomic mass is 19.4. The molecule has 4 aromatic rings. The topological polar surface area (TPSA) is 107 Å². The fraction of sp³-hybridized carbons (Fsp3) is 0.241. The second kappa shape index (κ2) is 10.8. The summed E-state index contributed by atoms with van der Waals surface area (Å²) in [5, 5.41) is 19.9. The Morgan fingerprint density at radius 2 is 1.45 bits per heavy atom. The number of carboxylic acids is 2. The summed E-state index contributed by atoms with van der Waals surface area (Å²) in [6, 6.07) is 16.4. The first-order chi connectivity index (χ1) is 19.1. The van der Waals surface area contributed by atoms with Crippen molar-refractivity contribution in [3.8, 4) is 28.7 Å². The molecule has 0 bridgehead atoms. The van der Waals surface area contributed by atoms with Crippen LogP contribution in [0.25, 0.3) is 16.6 Å². The number of hydrogen-bond acceptors (Lipinski definition) is 5. The summed E-state index contributed by atoms with van der Waals surface area (Å²) in [5.41, 5.74) is 0.883. The number of aliphatic carboxylic acids is 1. The van der Waals surface area contributed by atoms with Crippen molar-refractivity contribution < 1.29 is 47.2 Å². The van der Waals surface area contributed by atoms with Gasteiger partial charge in [-0.2, -0.15) is 0 Å². The van der Waals surface area contributed by atoms with E-state index >= 15 is 0 Å². The molecule has 0 saturated heterocycles. The Bertz CT molecular complexity index is 1540. The molecule has 0 amide bonds.